The first-order valence-electron chi connectivity index (χ1n) is 8.69. The molecule has 0 fully saturated rings. The summed E-state index contributed by atoms with van der Waals surface area (Å²) in [6.07, 6.45) is 3.62. The predicted octanol–water partition coefficient (Wildman–Crippen LogP) is 4.39. The van der Waals surface area contributed by atoms with Crippen molar-refractivity contribution in [3.63, 3.8) is 0 Å². The Balaban J connectivity index is 1.41. The fourth-order valence-corrected chi connectivity index (χ4v) is 4.02. The minimum Gasteiger partial charge on any atom is -0.302 e. The van der Waals surface area contributed by atoms with Gasteiger partial charge in [-0.3, -0.25) is 14.9 Å². The van der Waals surface area contributed by atoms with Crippen LogP contribution in [0, 0.1) is 10.1 Å². The van der Waals surface area contributed by atoms with Crippen molar-refractivity contribution in [3.05, 3.63) is 74.6 Å². The third-order valence-corrected chi connectivity index (χ3v) is 5.41. The molecule has 1 aliphatic carbocycles. The molecule has 1 aliphatic rings. The number of amides is 1. The minimum absolute atomic E-state index is 0.0121. The van der Waals surface area contributed by atoms with Gasteiger partial charge in [-0.15, -0.1) is 11.3 Å². The largest absolute Gasteiger partial charge is 0.302 e. The molecule has 6 nitrogen and oxygen atoms in total. The van der Waals surface area contributed by atoms with Crippen molar-refractivity contribution in [1.82, 2.24) is 4.98 Å². The Morgan fingerprint density at radius 2 is 1.93 bits per heavy atom. The monoisotopic (exact) mass is 379 g/mol. The highest BCUT2D eigenvalue weighted by molar-refractivity contribution is 7.14. The number of nitro groups is 1. The SMILES string of the molecule is O=C(Cc1ccc([N+](=O)[O-])cc1)Nc1nc(-c2ccc3c(c2)CCC3)cs1. The summed E-state index contributed by atoms with van der Waals surface area (Å²) in [6.45, 7) is 0. The van der Waals surface area contributed by atoms with Crippen molar-refractivity contribution < 1.29 is 9.72 Å². The lowest BCUT2D eigenvalue weighted by Gasteiger charge is -2.03. The Labute approximate surface area is 160 Å². The maximum atomic E-state index is 12.2. The van der Waals surface area contributed by atoms with Gasteiger partial charge in [0, 0.05) is 23.1 Å². The molecule has 0 spiro atoms. The van der Waals surface area contributed by atoms with E-state index in [0.29, 0.717) is 10.7 Å². The standard InChI is InChI=1S/C20H17N3O3S/c24-19(10-13-4-8-17(9-5-13)23(25)26)22-20-21-18(12-27-20)16-7-6-14-2-1-3-15(14)11-16/h4-9,11-12H,1-3,10H2,(H,21,22,24). The molecule has 0 radical (unpaired) electrons. The first-order chi connectivity index (χ1) is 13.1. The normalized spacial score (nSPS) is 12.6. The van der Waals surface area contributed by atoms with Crippen molar-refractivity contribution in [1.29, 1.82) is 0 Å². The highest BCUT2D eigenvalue weighted by Gasteiger charge is 2.14. The number of carbonyl (C=O) groups excluding carboxylic acids is 1. The van der Waals surface area contributed by atoms with E-state index in [-0.39, 0.29) is 18.0 Å². The number of nitrogens with zero attached hydrogens (tertiary/aromatic N) is 2. The van der Waals surface area contributed by atoms with Crippen LogP contribution in [-0.4, -0.2) is 15.8 Å². The number of rotatable bonds is 5. The molecule has 3 aromatic rings. The molecule has 27 heavy (non-hydrogen) atoms. The van der Waals surface area contributed by atoms with Crippen LogP contribution in [0.1, 0.15) is 23.1 Å². The number of aryl methyl sites for hydroxylation is 2. The van der Waals surface area contributed by atoms with E-state index in [1.54, 1.807) is 12.1 Å². The number of hydrogen-bond acceptors (Lipinski definition) is 5. The van der Waals surface area contributed by atoms with Gasteiger partial charge in [-0.25, -0.2) is 4.98 Å². The number of thiazole rings is 1. The summed E-state index contributed by atoms with van der Waals surface area (Å²) in [6, 6.07) is 12.4. The number of nitrogens with one attached hydrogen (secondary N) is 1. The second-order valence-corrected chi connectivity index (χ2v) is 7.38. The number of fused-ring (bicyclic) bond motifs is 1. The van der Waals surface area contributed by atoms with E-state index in [9.17, 15) is 14.9 Å². The van der Waals surface area contributed by atoms with Crippen molar-refractivity contribution in [3.8, 4) is 11.3 Å². The van der Waals surface area contributed by atoms with Gasteiger partial charge in [-0.1, -0.05) is 24.3 Å². The molecule has 0 saturated carbocycles. The van der Waals surface area contributed by atoms with E-state index < -0.39 is 4.92 Å². The quantitative estimate of drug-likeness (QED) is 0.526. The molecular weight excluding hydrogens is 362 g/mol. The van der Waals surface area contributed by atoms with Crippen LogP contribution in [0.5, 0.6) is 0 Å². The van der Waals surface area contributed by atoms with Crippen LogP contribution in [0.3, 0.4) is 0 Å². The lowest BCUT2D eigenvalue weighted by Crippen LogP contribution is -2.14. The Kier molecular flexibility index (Phi) is 4.68. The Bertz CT molecular complexity index is 1010. The number of hydrogen-bond donors (Lipinski definition) is 1. The summed E-state index contributed by atoms with van der Waals surface area (Å²) >= 11 is 1.39. The number of aromatic nitrogens is 1. The van der Waals surface area contributed by atoms with Gasteiger partial charge in [0.05, 0.1) is 17.0 Å². The highest BCUT2D eigenvalue weighted by atomic mass is 32.1. The Hall–Kier alpha value is -3.06. The summed E-state index contributed by atoms with van der Waals surface area (Å²) in [5, 5.41) is 16.0. The number of non-ortho nitro benzene ring substituents is 1. The van der Waals surface area contributed by atoms with Gasteiger partial charge in [0.15, 0.2) is 5.13 Å². The van der Waals surface area contributed by atoms with Gasteiger partial charge in [0.25, 0.3) is 5.69 Å². The topological polar surface area (TPSA) is 85.1 Å². The van der Waals surface area contributed by atoms with Crippen LogP contribution in [0.15, 0.2) is 47.8 Å². The molecule has 0 atom stereocenters. The lowest BCUT2D eigenvalue weighted by molar-refractivity contribution is -0.384. The van der Waals surface area contributed by atoms with Gasteiger partial charge < -0.3 is 5.32 Å². The summed E-state index contributed by atoms with van der Waals surface area (Å²) in [4.78, 5) is 27.0. The molecule has 4 rings (SSSR count). The summed E-state index contributed by atoms with van der Waals surface area (Å²) in [7, 11) is 0. The fourth-order valence-electron chi connectivity index (χ4n) is 3.28. The van der Waals surface area contributed by atoms with Gasteiger partial charge >= 0.3 is 0 Å². The van der Waals surface area contributed by atoms with Crippen molar-refractivity contribution in [2.24, 2.45) is 0 Å². The van der Waals surface area contributed by atoms with E-state index >= 15 is 0 Å². The van der Waals surface area contributed by atoms with Crippen LogP contribution in [0.25, 0.3) is 11.3 Å². The van der Waals surface area contributed by atoms with Gasteiger partial charge in [0.2, 0.25) is 5.91 Å². The summed E-state index contributed by atoms with van der Waals surface area (Å²) in [5.74, 6) is -0.196. The third-order valence-electron chi connectivity index (χ3n) is 4.66. The van der Waals surface area contributed by atoms with Crippen molar-refractivity contribution >= 4 is 28.1 Å². The molecular formula is C20H17N3O3S. The molecule has 7 heteroatoms. The Morgan fingerprint density at radius 1 is 1.15 bits per heavy atom. The zero-order valence-corrected chi connectivity index (χ0v) is 15.3. The van der Waals surface area contributed by atoms with Gasteiger partial charge in [-0.2, -0.15) is 0 Å². The molecule has 1 N–H and O–H groups in total. The maximum Gasteiger partial charge on any atom is 0.269 e. The van der Waals surface area contributed by atoms with Crippen LogP contribution >= 0.6 is 11.3 Å². The highest BCUT2D eigenvalue weighted by Crippen LogP contribution is 2.30. The van der Waals surface area contributed by atoms with E-state index in [1.165, 1.54) is 41.0 Å². The molecule has 0 aliphatic heterocycles. The lowest BCUT2D eigenvalue weighted by atomic mass is 10.1. The van der Waals surface area contributed by atoms with Crippen molar-refractivity contribution in [2.75, 3.05) is 5.32 Å². The molecule has 1 aromatic heterocycles. The number of nitro benzene ring substituents is 1. The van der Waals surface area contributed by atoms with Crippen molar-refractivity contribution in [2.45, 2.75) is 25.7 Å². The molecule has 1 amide bonds. The minimum atomic E-state index is -0.458. The average molecular weight is 379 g/mol. The summed E-state index contributed by atoms with van der Waals surface area (Å²) in [5.41, 5.74) is 5.48. The second kappa shape index (κ2) is 7.28. The molecule has 1 heterocycles. The van der Waals surface area contributed by atoms with E-state index in [4.69, 9.17) is 0 Å². The molecule has 2 aromatic carbocycles. The van der Waals surface area contributed by atoms with Crippen LogP contribution < -0.4 is 5.32 Å². The molecule has 136 valence electrons. The predicted molar refractivity (Wildman–Crippen MR) is 105 cm³/mol. The first-order valence-corrected chi connectivity index (χ1v) is 9.57. The summed E-state index contributed by atoms with van der Waals surface area (Å²) < 4.78 is 0. The average Bonchev–Trinajstić information content (AvgIpc) is 3.30. The Morgan fingerprint density at radius 3 is 2.70 bits per heavy atom. The number of carbonyl (C=O) groups is 1. The maximum absolute atomic E-state index is 12.2. The van der Waals surface area contributed by atoms with Crippen LogP contribution in [0.4, 0.5) is 10.8 Å². The number of benzene rings is 2. The molecule has 0 bridgehead atoms. The van der Waals surface area contributed by atoms with E-state index in [1.807, 2.05) is 5.38 Å². The molecule has 0 saturated heterocycles. The first kappa shape index (κ1) is 17.4. The van der Waals surface area contributed by atoms with E-state index in [2.05, 4.69) is 28.5 Å². The van der Waals surface area contributed by atoms with Gasteiger partial charge in [0.1, 0.15) is 0 Å². The zero-order chi connectivity index (χ0) is 18.8. The second-order valence-electron chi connectivity index (χ2n) is 6.52. The smallest absolute Gasteiger partial charge is 0.269 e. The third kappa shape index (κ3) is 3.88. The zero-order valence-electron chi connectivity index (χ0n) is 14.5. The fraction of sp³-hybridized carbons (Fsp3) is 0.200. The molecule has 0 unspecified atom stereocenters. The van der Waals surface area contributed by atoms with Crippen LogP contribution in [0.2, 0.25) is 0 Å². The van der Waals surface area contributed by atoms with Gasteiger partial charge in [-0.05, 0) is 42.0 Å². The number of anilines is 1. The van der Waals surface area contributed by atoms with E-state index in [0.717, 1.165) is 24.1 Å². The van der Waals surface area contributed by atoms with Crippen LogP contribution in [-0.2, 0) is 24.1 Å².